The fourth-order valence-corrected chi connectivity index (χ4v) is 13.1. The number of piperazine rings is 1. The molecule has 10 rings (SSSR count). The van der Waals surface area contributed by atoms with Crippen LogP contribution in [0.25, 0.3) is 16.1 Å². The van der Waals surface area contributed by atoms with Crippen molar-refractivity contribution in [2.24, 2.45) is 29.0 Å². The summed E-state index contributed by atoms with van der Waals surface area (Å²) in [6.45, 7) is 11.6. The van der Waals surface area contributed by atoms with Gasteiger partial charge in [-0.25, -0.2) is 18.7 Å². The third kappa shape index (κ3) is 11.5. The van der Waals surface area contributed by atoms with Crippen molar-refractivity contribution >= 4 is 40.4 Å². The Morgan fingerprint density at radius 3 is 2.35 bits per heavy atom. The number of likely N-dealkylation sites (tertiary alicyclic amines) is 3. The molecule has 8 N–H and O–H groups in total. The van der Waals surface area contributed by atoms with Crippen molar-refractivity contribution in [1.29, 1.82) is 0 Å². The highest BCUT2D eigenvalue weighted by molar-refractivity contribution is 7.13. The highest BCUT2D eigenvalue weighted by atomic mass is 32.1. The van der Waals surface area contributed by atoms with Crippen LogP contribution in [0.4, 0.5) is 20.3 Å². The number of carbonyl (C=O) groups excluding carboxylic acids is 2. The number of amides is 2. The monoisotopic (exact) mass is 1070 g/mol. The van der Waals surface area contributed by atoms with Crippen molar-refractivity contribution in [3.63, 3.8) is 0 Å². The van der Waals surface area contributed by atoms with Crippen molar-refractivity contribution < 1.29 is 32.7 Å². The maximum atomic E-state index is 16.0. The van der Waals surface area contributed by atoms with Crippen molar-refractivity contribution in [1.82, 2.24) is 35.1 Å². The molecule has 2 amide bonds. The molecule has 0 spiro atoms. The molecule has 6 atom stereocenters. The van der Waals surface area contributed by atoms with E-state index in [-0.39, 0.29) is 65.6 Å². The number of nitrogens with one attached hydrogen (secondary N) is 1. The smallest absolute Gasteiger partial charge is 0.296 e. The number of ether oxygens (including phenoxy) is 1. The number of aromatic nitrogens is 3. The molecule has 0 radical (unpaired) electrons. The van der Waals surface area contributed by atoms with Gasteiger partial charge < -0.3 is 56.5 Å². The molecule has 3 aromatic heterocycles. The number of alkyl halides is 2. The van der Waals surface area contributed by atoms with E-state index >= 15 is 8.78 Å². The van der Waals surface area contributed by atoms with Gasteiger partial charge in [0.1, 0.15) is 23.5 Å². The zero-order chi connectivity index (χ0) is 54.1. The molecule has 20 heteroatoms. The SMILES string of the molecule is Cc1ncsc1-c1ccc(C(C)NC(=O)C2CCCN2C(=O)C(c2cc(N3CCC(CN4CCC(Oc5cc(N6C7CCC6CN(C(/C=C(\N)c6ccccc6O)=C(N)N)C7)ccn5)C(F)(F)C4)CC3)no2)C(C)C)cc1. The van der Waals surface area contributed by atoms with Crippen LogP contribution >= 0.6 is 11.3 Å². The number of allylic oxidation sites excluding steroid dienone is 1. The number of carbonyl (C=O) groups is 2. The number of anilines is 2. The molecular weight excluding hydrogens is 1000 g/mol. The lowest BCUT2D eigenvalue weighted by atomic mass is 9.91. The third-order valence-corrected chi connectivity index (χ3v) is 17.3. The van der Waals surface area contributed by atoms with Gasteiger partial charge in [0.25, 0.3) is 5.92 Å². The van der Waals surface area contributed by atoms with Crippen LogP contribution in [0, 0.1) is 18.8 Å². The summed E-state index contributed by atoms with van der Waals surface area (Å²) in [5.74, 6) is -2.43. The van der Waals surface area contributed by atoms with Gasteiger partial charge in [-0.3, -0.25) is 14.5 Å². The van der Waals surface area contributed by atoms with E-state index in [1.54, 1.807) is 58.8 Å². The number of halogens is 2. The number of rotatable bonds is 16. The normalized spacial score (nSPS) is 22.8. The van der Waals surface area contributed by atoms with E-state index in [0.29, 0.717) is 80.8 Å². The average molecular weight is 1080 g/mol. The topological polar surface area (TPSA) is 222 Å². The van der Waals surface area contributed by atoms with Gasteiger partial charge in [-0.1, -0.05) is 55.4 Å². The number of thiazole rings is 1. The molecule has 5 aliphatic rings. The number of nitrogens with two attached hydrogens (primary N) is 3. The Labute approximate surface area is 453 Å². The molecular formula is C57H72F2N12O5S. The minimum absolute atomic E-state index is 0.0609. The standard InChI is InChI=1S/C57H72F2N12O5S/c1-34(2)52(56(74)70-22-7-9-45(70)55(73)65-35(3)38-11-13-39(14-12-38)53-36(4)64-33-77-53)48-28-50(66-76-48)68-24-18-37(19-25-68)29-67-23-20-49(57(58,59)32-67)75-51-26-40(17-21-63-51)71-41-15-16-42(71)31-69(30-41)46(54(61)62)27-44(60)43-8-5-6-10-47(43)72/h5-6,8,10-14,17,21,26-28,33-35,37,41-42,45,49,52,72H,7,9,15-16,18-20,22-25,29-32,60-62H2,1-4H3,(H,65,73)/b44-27-. The van der Waals surface area contributed by atoms with Crippen LogP contribution in [0.15, 0.2) is 101 Å². The molecule has 2 bridgehead atoms. The molecule has 6 unspecified atom stereocenters. The molecule has 8 heterocycles. The van der Waals surface area contributed by atoms with Gasteiger partial charge in [0, 0.05) is 99.6 Å². The third-order valence-electron chi connectivity index (χ3n) is 16.3. The van der Waals surface area contributed by atoms with E-state index in [1.165, 1.54) is 0 Å². The Morgan fingerprint density at radius 1 is 0.935 bits per heavy atom. The van der Waals surface area contributed by atoms with Crippen LogP contribution in [0.1, 0.15) is 100 Å². The van der Waals surface area contributed by atoms with Crippen molar-refractivity contribution in [3.05, 3.63) is 119 Å². The van der Waals surface area contributed by atoms with Crippen LogP contribution in [0.3, 0.4) is 0 Å². The van der Waals surface area contributed by atoms with Crippen LogP contribution in [0.2, 0.25) is 0 Å². The number of aryl methyl sites for hydroxylation is 1. The summed E-state index contributed by atoms with van der Waals surface area (Å²) in [7, 11) is 0. The molecule has 5 saturated heterocycles. The van der Waals surface area contributed by atoms with E-state index in [4.69, 9.17) is 26.5 Å². The van der Waals surface area contributed by atoms with E-state index in [9.17, 15) is 14.7 Å². The first kappa shape index (κ1) is 53.5. The average Bonchev–Trinajstić information content (AvgIpc) is 4.25. The molecule has 5 aromatic rings. The van der Waals surface area contributed by atoms with Gasteiger partial charge >= 0.3 is 0 Å². The number of hydrogen-bond acceptors (Lipinski definition) is 16. The molecule has 5 fully saturated rings. The first-order valence-electron chi connectivity index (χ1n) is 27.1. The molecule has 77 heavy (non-hydrogen) atoms. The second-order valence-electron chi connectivity index (χ2n) is 21.9. The maximum absolute atomic E-state index is 16.0. The van der Waals surface area contributed by atoms with Crippen molar-refractivity contribution in [2.75, 3.05) is 62.2 Å². The van der Waals surface area contributed by atoms with Crippen molar-refractivity contribution in [3.8, 4) is 22.1 Å². The number of para-hydroxylation sites is 1. The molecule has 2 aromatic carbocycles. The minimum Gasteiger partial charge on any atom is -0.507 e. The van der Waals surface area contributed by atoms with E-state index in [1.807, 2.05) is 62.4 Å². The number of nitrogens with zero attached hydrogens (tertiary/aromatic N) is 8. The van der Waals surface area contributed by atoms with Crippen LogP contribution < -0.4 is 37.1 Å². The summed E-state index contributed by atoms with van der Waals surface area (Å²) >= 11 is 1.60. The predicted molar refractivity (Wildman–Crippen MR) is 294 cm³/mol. The van der Waals surface area contributed by atoms with E-state index in [2.05, 4.69) is 47.3 Å². The summed E-state index contributed by atoms with van der Waals surface area (Å²) in [6, 6.07) is 19.9. The summed E-state index contributed by atoms with van der Waals surface area (Å²) in [4.78, 5) is 48.2. The highest BCUT2D eigenvalue weighted by Crippen LogP contribution is 2.40. The number of benzene rings is 2. The molecule has 5 aliphatic heterocycles. The zero-order valence-corrected chi connectivity index (χ0v) is 45.2. The van der Waals surface area contributed by atoms with Crippen molar-refractivity contribution in [2.45, 2.75) is 115 Å². The number of hydrogen-bond donors (Lipinski definition) is 5. The number of pyridine rings is 1. The Balaban J connectivity index is 0.694. The van der Waals surface area contributed by atoms with Crippen LogP contribution in [-0.4, -0.2) is 129 Å². The quantitative estimate of drug-likeness (QED) is 0.0602. The fraction of sp³-hybridized carbons (Fsp3) is 0.491. The predicted octanol–water partition coefficient (Wildman–Crippen LogP) is 7.56. The van der Waals surface area contributed by atoms with Gasteiger partial charge in [-0.15, -0.1) is 11.3 Å². The molecule has 410 valence electrons. The number of fused-ring (bicyclic) bond motifs is 2. The second-order valence-corrected chi connectivity index (χ2v) is 22.8. The van der Waals surface area contributed by atoms with E-state index in [0.717, 1.165) is 59.5 Å². The Bertz CT molecular complexity index is 2940. The molecule has 0 saturated carbocycles. The van der Waals surface area contributed by atoms with E-state index < -0.39 is 30.5 Å². The minimum atomic E-state index is -3.09. The Kier molecular flexibility index (Phi) is 15.7. The molecule has 17 nitrogen and oxygen atoms in total. The summed E-state index contributed by atoms with van der Waals surface area (Å²) in [5, 5.41) is 18.0. The zero-order valence-electron chi connectivity index (χ0n) is 44.4. The lowest BCUT2D eigenvalue weighted by Gasteiger charge is -2.44. The van der Waals surface area contributed by atoms with Gasteiger partial charge in [0.05, 0.1) is 34.4 Å². The lowest BCUT2D eigenvalue weighted by Crippen LogP contribution is -2.55. The van der Waals surface area contributed by atoms with Crippen LogP contribution in [-0.2, 0) is 9.59 Å². The number of phenols is 1. The summed E-state index contributed by atoms with van der Waals surface area (Å²) in [5.41, 5.74) is 26.0. The lowest BCUT2D eigenvalue weighted by molar-refractivity contribution is -0.142. The number of piperidine rings is 2. The second kappa shape index (κ2) is 22.6. The van der Waals surface area contributed by atoms with Gasteiger partial charge in [-0.05, 0) is 99.6 Å². The summed E-state index contributed by atoms with van der Waals surface area (Å²) < 4.78 is 44.0. The Hall–Kier alpha value is -6.93. The molecule has 0 aliphatic carbocycles. The van der Waals surface area contributed by atoms with Gasteiger partial charge in [0.15, 0.2) is 17.7 Å². The first-order chi connectivity index (χ1) is 37.0. The van der Waals surface area contributed by atoms with Crippen LogP contribution in [0.5, 0.6) is 11.6 Å². The first-order valence-corrected chi connectivity index (χ1v) is 28.0. The largest absolute Gasteiger partial charge is 0.507 e. The van der Waals surface area contributed by atoms with Gasteiger partial charge in [0.2, 0.25) is 17.7 Å². The number of aromatic hydroxyl groups is 1. The Morgan fingerprint density at radius 2 is 1.68 bits per heavy atom. The summed E-state index contributed by atoms with van der Waals surface area (Å²) in [6.07, 6.45) is 6.92. The fourth-order valence-electron chi connectivity index (χ4n) is 12.3. The number of phenolic OH excluding ortho intramolecular Hbond substituents is 1. The highest BCUT2D eigenvalue weighted by Gasteiger charge is 2.48. The van der Waals surface area contributed by atoms with Gasteiger partial charge in [-0.2, -0.15) is 0 Å². The maximum Gasteiger partial charge on any atom is 0.296 e.